The van der Waals surface area contributed by atoms with E-state index in [0.29, 0.717) is 13.1 Å². The molecule has 6 nitrogen and oxygen atoms in total. The number of aryl methyl sites for hydroxylation is 1. The Labute approximate surface area is 162 Å². The van der Waals surface area contributed by atoms with Crippen molar-refractivity contribution in [3.05, 3.63) is 59.7 Å². The molecule has 3 rings (SSSR count). The second-order valence-corrected chi connectivity index (χ2v) is 8.75. The maximum Gasteiger partial charge on any atom is 0.279 e. The Balaban J connectivity index is 1.55. The lowest BCUT2D eigenvalue weighted by molar-refractivity contribution is -0.895. The number of amides is 1. The zero-order chi connectivity index (χ0) is 20.3. The van der Waals surface area contributed by atoms with Crippen molar-refractivity contribution in [3.63, 3.8) is 0 Å². The number of nitrogens with one attached hydrogen (secondary N) is 2. The quantitative estimate of drug-likeness (QED) is 0.766. The van der Waals surface area contributed by atoms with Crippen LogP contribution in [0.2, 0.25) is 0 Å². The molecule has 28 heavy (non-hydrogen) atoms. The highest BCUT2D eigenvalue weighted by molar-refractivity contribution is 7.89. The Bertz CT molecular complexity index is 957. The van der Waals surface area contributed by atoms with Crippen LogP contribution in [-0.4, -0.2) is 51.4 Å². The summed E-state index contributed by atoms with van der Waals surface area (Å²) in [6.45, 7) is 3.28. The predicted molar refractivity (Wildman–Crippen MR) is 100 cm³/mol. The molecule has 0 unspecified atom stereocenters. The number of halogens is 2. The van der Waals surface area contributed by atoms with Gasteiger partial charge in [-0.15, -0.1) is 0 Å². The molecule has 0 bridgehead atoms. The third-order valence-electron chi connectivity index (χ3n) is 4.69. The fourth-order valence-corrected chi connectivity index (χ4v) is 4.56. The molecule has 0 saturated carbocycles. The molecule has 0 atom stereocenters. The van der Waals surface area contributed by atoms with E-state index in [1.807, 2.05) is 0 Å². The largest absolute Gasteiger partial charge is 0.325 e. The molecule has 1 aliphatic heterocycles. The number of sulfonamides is 1. The molecular weight excluding hydrogens is 388 g/mol. The zero-order valence-corrected chi connectivity index (χ0v) is 16.2. The van der Waals surface area contributed by atoms with Crippen LogP contribution in [0.4, 0.5) is 14.5 Å². The first kappa shape index (κ1) is 20.4. The maximum absolute atomic E-state index is 13.8. The van der Waals surface area contributed by atoms with Gasteiger partial charge in [0, 0.05) is 0 Å². The normalized spacial score (nSPS) is 16.1. The lowest BCUT2D eigenvalue weighted by Gasteiger charge is -2.31. The summed E-state index contributed by atoms with van der Waals surface area (Å²) in [4.78, 5) is 13.1. The summed E-state index contributed by atoms with van der Waals surface area (Å²) in [6.07, 6.45) is 0. The molecular formula is C19H22F2N3O3S+. The van der Waals surface area contributed by atoms with E-state index in [4.69, 9.17) is 0 Å². The van der Waals surface area contributed by atoms with Crippen LogP contribution in [-0.2, 0) is 14.8 Å². The topological polar surface area (TPSA) is 70.9 Å². The molecule has 0 radical (unpaired) electrons. The van der Waals surface area contributed by atoms with Gasteiger partial charge in [0.2, 0.25) is 10.0 Å². The van der Waals surface area contributed by atoms with E-state index in [2.05, 4.69) is 5.32 Å². The van der Waals surface area contributed by atoms with Gasteiger partial charge in [-0.2, -0.15) is 4.31 Å². The van der Waals surface area contributed by atoms with Gasteiger partial charge in [-0.05, 0) is 48.9 Å². The monoisotopic (exact) mass is 410 g/mol. The predicted octanol–water partition coefficient (Wildman–Crippen LogP) is 0.801. The molecule has 0 aliphatic carbocycles. The highest BCUT2D eigenvalue weighted by atomic mass is 32.2. The molecule has 1 fully saturated rings. The number of benzene rings is 2. The van der Waals surface area contributed by atoms with Gasteiger partial charge in [-0.25, -0.2) is 17.2 Å². The zero-order valence-electron chi connectivity index (χ0n) is 15.4. The van der Waals surface area contributed by atoms with Crippen molar-refractivity contribution in [2.75, 3.05) is 38.0 Å². The fraction of sp³-hybridized carbons (Fsp3) is 0.316. The van der Waals surface area contributed by atoms with E-state index in [-0.39, 0.29) is 36.1 Å². The molecule has 0 spiro atoms. The second-order valence-electron chi connectivity index (χ2n) is 6.82. The van der Waals surface area contributed by atoms with E-state index in [0.717, 1.165) is 22.6 Å². The lowest BCUT2D eigenvalue weighted by atomic mass is 10.2. The molecule has 9 heteroatoms. The van der Waals surface area contributed by atoms with Crippen LogP contribution < -0.4 is 10.2 Å². The van der Waals surface area contributed by atoms with Crippen molar-refractivity contribution < 1.29 is 26.9 Å². The smallest absolute Gasteiger partial charge is 0.279 e. The molecule has 2 aromatic rings. The summed E-state index contributed by atoms with van der Waals surface area (Å²) in [6, 6.07) is 9.30. The van der Waals surface area contributed by atoms with Crippen molar-refractivity contribution in [2.24, 2.45) is 0 Å². The van der Waals surface area contributed by atoms with Crippen molar-refractivity contribution in [1.82, 2.24) is 4.31 Å². The molecule has 1 saturated heterocycles. The number of carbonyl (C=O) groups excluding carboxylic acids is 1. The number of anilines is 1. The molecule has 2 aromatic carbocycles. The van der Waals surface area contributed by atoms with E-state index in [1.165, 1.54) is 28.6 Å². The lowest BCUT2D eigenvalue weighted by Crippen LogP contribution is -3.15. The van der Waals surface area contributed by atoms with Crippen LogP contribution in [0.15, 0.2) is 47.4 Å². The number of hydrogen-bond acceptors (Lipinski definition) is 3. The summed E-state index contributed by atoms with van der Waals surface area (Å²) in [5.74, 6) is -1.31. The van der Waals surface area contributed by atoms with E-state index in [9.17, 15) is 22.0 Å². The summed E-state index contributed by atoms with van der Waals surface area (Å²) in [5.41, 5.74) is 0.895. The fourth-order valence-electron chi connectivity index (χ4n) is 3.12. The van der Waals surface area contributed by atoms with Gasteiger partial charge in [0.15, 0.2) is 6.54 Å². The molecule has 1 amide bonds. The number of hydrogen-bond donors (Lipinski definition) is 2. The Morgan fingerprint density at radius 1 is 1.11 bits per heavy atom. The minimum absolute atomic E-state index is 0.0462. The first-order chi connectivity index (χ1) is 13.3. The molecule has 2 N–H and O–H groups in total. The van der Waals surface area contributed by atoms with Gasteiger partial charge in [-0.1, -0.05) is 6.07 Å². The van der Waals surface area contributed by atoms with Gasteiger partial charge in [0.05, 0.1) is 36.8 Å². The van der Waals surface area contributed by atoms with E-state index < -0.39 is 21.7 Å². The first-order valence-corrected chi connectivity index (χ1v) is 10.3. The number of nitrogens with zero attached hydrogens (tertiary/aromatic N) is 1. The van der Waals surface area contributed by atoms with Gasteiger partial charge in [0.1, 0.15) is 11.6 Å². The third kappa shape index (κ3) is 4.73. The number of carbonyl (C=O) groups is 1. The Morgan fingerprint density at radius 2 is 1.75 bits per heavy atom. The van der Waals surface area contributed by atoms with Crippen molar-refractivity contribution in [3.8, 4) is 0 Å². The minimum atomic E-state index is -3.69. The standard InChI is InChI=1S/C19H21F2N3O3S/c1-14-2-7-18(17(21)12-14)22-19(25)13-23-8-10-24(11-9-23)28(26,27)16-5-3-15(20)4-6-16/h2-7,12H,8-11,13H2,1H3,(H,22,25)/p+1. The van der Waals surface area contributed by atoms with E-state index >= 15 is 0 Å². The molecule has 1 heterocycles. The number of quaternary nitrogens is 1. The minimum Gasteiger partial charge on any atom is -0.325 e. The van der Waals surface area contributed by atoms with Crippen LogP contribution in [0.25, 0.3) is 0 Å². The van der Waals surface area contributed by atoms with E-state index in [1.54, 1.807) is 13.0 Å². The summed E-state index contributed by atoms with van der Waals surface area (Å²) in [7, 11) is -3.69. The molecule has 150 valence electrons. The first-order valence-electron chi connectivity index (χ1n) is 8.91. The van der Waals surface area contributed by atoms with Crippen LogP contribution >= 0.6 is 0 Å². The van der Waals surface area contributed by atoms with Crippen molar-refractivity contribution in [1.29, 1.82) is 0 Å². The second kappa shape index (κ2) is 8.34. The Hall–Kier alpha value is -2.36. The molecule has 0 aromatic heterocycles. The summed E-state index contributed by atoms with van der Waals surface area (Å²) < 4.78 is 53.4. The van der Waals surface area contributed by atoms with Gasteiger partial charge in [-0.3, -0.25) is 4.79 Å². The van der Waals surface area contributed by atoms with Crippen LogP contribution in [0.1, 0.15) is 5.56 Å². The van der Waals surface area contributed by atoms with Gasteiger partial charge >= 0.3 is 0 Å². The number of rotatable bonds is 5. The Kier molecular flexibility index (Phi) is 6.07. The Morgan fingerprint density at radius 3 is 2.36 bits per heavy atom. The van der Waals surface area contributed by atoms with Gasteiger partial charge < -0.3 is 10.2 Å². The van der Waals surface area contributed by atoms with Crippen molar-refractivity contribution >= 4 is 21.6 Å². The van der Waals surface area contributed by atoms with Gasteiger partial charge in [0.25, 0.3) is 5.91 Å². The average molecular weight is 410 g/mol. The maximum atomic E-state index is 13.8. The average Bonchev–Trinajstić information content (AvgIpc) is 2.65. The van der Waals surface area contributed by atoms with Crippen LogP contribution in [0.3, 0.4) is 0 Å². The summed E-state index contributed by atoms with van der Waals surface area (Å²) in [5, 5.41) is 2.56. The van der Waals surface area contributed by atoms with Crippen LogP contribution in [0, 0.1) is 18.6 Å². The van der Waals surface area contributed by atoms with Crippen LogP contribution in [0.5, 0.6) is 0 Å². The highest BCUT2D eigenvalue weighted by Gasteiger charge is 2.31. The molecule has 1 aliphatic rings. The van der Waals surface area contributed by atoms with Crippen molar-refractivity contribution in [2.45, 2.75) is 11.8 Å². The SMILES string of the molecule is Cc1ccc(NC(=O)C[NH+]2CCN(S(=O)(=O)c3ccc(F)cc3)CC2)c(F)c1. The highest BCUT2D eigenvalue weighted by Crippen LogP contribution is 2.16. The third-order valence-corrected chi connectivity index (χ3v) is 6.60. The summed E-state index contributed by atoms with van der Waals surface area (Å²) >= 11 is 0. The number of piperazine rings is 1.